The number of hydrogen-bond donors (Lipinski definition) is 3. The van der Waals surface area contributed by atoms with E-state index in [9.17, 15) is 14.4 Å². The van der Waals surface area contributed by atoms with Crippen LogP contribution in [0.5, 0.6) is 0 Å². The average Bonchev–Trinajstić information content (AvgIpc) is 3.21. The van der Waals surface area contributed by atoms with Gasteiger partial charge in [-0.25, -0.2) is 4.68 Å². The summed E-state index contributed by atoms with van der Waals surface area (Å²) in [5.41, 5.74) is 3.32. The van der Waals surface area contributed by atoms with Crippen molar-refractivity contribution in [2.75, 3.05) is 11.9 Å². The molecule has 0 aliphatic rings. The van der Waals surface area contributed by atoms with E-state index in [4.69, 9.17) is 39.9 Å². The van der Waals surface area contributed by atoms with Gasteiger partial charge in [0.1, 0.15) is 0 Å². The van der Waals surface area contributed by atoms with E-state index in [2.05, 4.69) is 15.7 Å². The Labute approximate surface area is 233 Å². The van der Waals surface area contributed by atoms with Gasteiger partial charge in [0.2, 0.25) is 0 Å². The second-order valence-corrected chi connectivity index (χ2v) is 9.55. The highest BCUT2D eigenvalue weighted by atomic mass is 35.5. The zero-order chi connectivity index (χ0) is 27.4. The topological polar surface area (TPSA) is 113 Å². The summed E-state index contributed by atoms with van der Waals surface area (Å²) < 4.78 is 1.58. The smallest absolute Gasteiger partial charge is 0.305 e. The van der Waals surface area contributed by atoms with Crippen LogP contribution in [0.1, 0.15) is 32.8 Å². The quantitative estimate of drug-likeness (QED) is 0.231. The van der Waals surface area contributed by atoms with Crippen LogP contribution in [-0.4, -0.2) is 39.2 Å². The molecule has 0 fully saturated rings. The third-order valence-electron chi connectivity index (χ3n) is 5.60. The van der Waals surface area contributed by atoms with Crippen LogP contribution in [0.4, 0.5) is 5.69 Å². The van der Waals surface area contributed by atoms with Crippen molar-refractivity contribution < 1.29 is 19.5 Å². The lowest BCUT2D eigenvalue weighted by atomic mass is 10.1. The number of aliphatic carboxylic acids is 1. The molecule has 0 saturated heterocycles. The van der Waals surface area contributed by atoms with E-state index in [0.29, 0.717) is 37.7 Å². The van der Waals surface area contributed by atoms with Crippen LogP contribution in [0, 0.1) is 6.92 Å². The fourth-order valence-corrected chi connectivity index (χ4v) is 4.41. The molecule has 0 saturated carbocycles. The molecule has 38 heavy (non-hydrogen) atoms. The van der Waals surface area contributed by atoms with Crippen LogP contribution >= 0.6 is 34.8 Å². The Morgan fingerprint density at radius 3 is 2.32 bits per heavy atom. The number of hydrogen-bond acceptors (Lipinski definition) is 4. The SMILES string of the molecule is Cc1c(C(=O)Nc2cccc(C(=O)NCCC(=O)O)c2)nn(-c2ccc(Cl)cc2Cl)c1-c1ccc(Cl)cc1. The summed E-state index contributed by atoms with van der Waals surface area (Å²) in [6.07, 6.45) is -0.197. The van der Waals surface area contributed by atoms with Gasteiger partial charge < -0.3 is 15.7 Å². The Balaban J connectivity index is 1.68. The number of amides is 2. The number of carbonyl (C=O) groups excluding carboxylic acids is 2. The third kappa shape index (κ3) is 6.16. The number of halogens is 3. The number of carboxylic acid groups (broad SMARTS) is 1. The van der Waals surface area contributed by atoms with E-state index in [1.165, 1.54) is 6.07 Å². The van der Waals surface area contributed by atoms with Gasteiger partial charge in [-0.2, -0.15) is 5.10 Å². The normalized spacial score (nSPS) is 10.7. The molecule has 8 nitrogen and oxygen atoms in total. The molecule has 4 aromatic rings. The van der Waals surface area contributed by atoms with Gasteiger partial charge in [0, 0.05) is 39.0 Å². The van der Waals surface area contributed by atoms with Gasteiger partial charge in [-0.3, -0.25) is 14.4 Å². The zero-order valence-electron chi connectivity index (χ0n) is 20.0. The molecule has 1 heterocycles. The minimum atomic E-state index is -1.01. The van der Waals surface area contributed by atoms with E-state index in [1.807, 2.05) is 12.1 Å². The first kappa shape index (κ1) is 27.2. The molecule has 0 radical (unpaired) electrons. The van der Waals surface area contributed by atoms with E-state index < -0.39 is 17.8 Å². The number of nitrogens with one attached hydrogen (secondary N) is 2. The minimum Gasteiger partial charge on any atom is -0.481 e. The predicted octanol–water partition coefficient (Wildman–Crippen LogP) is 6.26. The first-order valence-electron chi connectivity index (χ1n) is 11.4. The van der Waals surface area contributed by atoms with Crippen molar-refractivity contribution in [3.05, 3.63) is 98.6 Å². The maximum Gasteiger partial charge on any atom is 0.305 e. The Hall–Kier alpha value is -3.85. The highest BCUT2D eigenvalue weighted by Gasteiger charge is 2.23. The standard InChI is InChI=1S/C27H21Cl3N4O4/c1-15-24(27(38)32-20-4-2-3-17(13-20)26(37)31-12-11-23(35)36)33-34(22-10-9-19(29)14-21(22)30)25(15)16-5-7-18(28)8-6-16/h2-10,13-14H,11-12H2,1H3,(H,31,37)(H,32,38)(H,35,36). The molecule has 2 amide bonds. The van der Waals surface area contributed by atoms with Crippen LogP contribution in [0.15, 0.2) is 66.7 Å². The van der Waals surface area contributed by atoms with Crippen molar-refractivity contribution in [2.24, 2.45) is 0 Å². The number of rotatable bonds is 8. The summed E-state index contributed by atoms with van der Waals surface area (Å²) in [4.78, 5) is 36.4. The summed E-state index contributed by atoms with van der Waals surface area (Å²) in [5.74, 6) is -1.96. The molecule has 0 atom stereocenters. The van der Waals surface area contributed by atoms with Crippen molar-refractivity contribution in [1.82, 2.24) is 15.1 Å². The van der Waals surface area contributed by atoms with E-state index in [0.717, 1.165) is 5.56 Å². The average molecular weight is 572 g/mol. The highest BCUT2D eigenvalue weighted by molar-refractivity contribution is 6.35. The van der Waals surface area contributed by atoms with Crippen LogP contribution in [0.25, 0.3) is 16.9 Å². The lowest BCUT2D eigenvalue weighted by Gasteiger charge is -2.11. The van der Waals surface area contributed by atoms with Crippen LogP contribution in [0.3, 0.4) is 0 Å². The van der Waals surface area contributed by atoms with Crippen LogP contribution < -0.4 is 10.6 Å². The van der Waals surface area contributed by atoms with Gasteiger partial charge in [0.15, 0.2) is 5.69 Å². The molecule has 0 unspecified atom stereocenters. The van der Waals surface area contributed by atoms with Crippen molar-refractivity contribution in [3.8, 4) is 16.9 Å². The Kier molecular flexibility index (Phi) is 8.36. The molecular formula is C27H21Cl3N4O4. The molecule has 4 rings (SSSR count). The summed E-state index contributed by atoms with van der Waals surface area (Å²) in [5, 5.41) is 20.0. The lowest BCUT2D eigenvalue weighted by molar-refractivity contribution is -0.136. The Morgan fingerprint density at radius 1 is 0.921 bits per heavy atom. The molecule has 0 aliphatic carbocycles. The van der Waals surface area contributed by atoms with Crippen LogP contribution in [0.2, 0.25) is 15.1 Å². The first-order chi connectivity index (χ1) is 18.1. The molecule has 3 aromatic carbocycles. The summed E-state index contributed by atoms with van der Waals surface area (Å²) >= 11 is 18.7. The number of carboxylic acids is 1. The fraction of sp³-hybridized carbons (Fsp3) is 0.111. The monoisotopic (exact) mass is 570 g/mol. The number of nitrogens with zero attached hydrogens (tertiary/aromatic N) is 2. The molecule has 11 heteroatoms. The van der Waals surface area contributed by atoms with Gasteiger partial charge >= 0.3 is 5.97 Å². The Morgan fingerprint density at radius 2 is 1.63 bits per heavy atom. The van der Waals surface area contributed by atoms with Gasteiger partial charge in [-0.15, -0.1) is 0 Å². The Bertz CT molecular complexity index is 1530. The molecular weight excluding hydrogens is 551 g/mol. The van der Waals surface area contributed by atoms with Crippen LogP contribution in [-0.2, 0) is 4.79 Å². The molecule has 194 valence electrons. The molecule has 1 aromatic heterocycles. The van der Waals surface area contributed by atoms with E-state index in [-0.39, 0.29) is 24.2 Å². The summed E-state index contributed by atoms with van der Waals surface area (Å²) in [6.45, 7) is 1.76. The first-order valence-corrected chi connectivity index (χ1v) is 12.5. The third-order valence-corrected chi connectivity index (χ3v) is 6.39. The number of aromatic nitrogens is 2. The largest absolute Gasteiger partial charge is 0.481 e. The van der Waals surface area contributed by atoms with Gasteiger partial charge in [0.05, 0.1) is 22.8 Å². The number of anilines is 1. The number of benzene rings is 3. The number of carbonyl (C=O) groups is 3. The molecule has 0 spiro atoms. The molecule has 3 N–H and O–H groups in total. The minimum absolute atomic E-state index is 0.0118. The van der Waals surface area contributed by atoms with Gasteiger partial charge in [0.25, 0.3) is 11.8 Å². The van der Waals surface area contributed by atoms with Gasteiger partial charge in [-0.1, -0.05) is 53.0 Å². The maximum absolute atomic E-state index is 13.4. The predicted molar refractivity (Wildman–Crippen MR) is 148 cm³/mol. The van der Waals surface area contributed by atoms with Gasteiger partial charge in [-0.05, 0) is 55.5 Å². The maximum atomic E-state index is 13.4. The zero-order valence-corrected chi connectivity index (χ0v) is 22.2. The van der Waals surface area contributed by atoms with E-state index >= 15 is 0 Å². The van der Waals surface area contributed by atoms with Crippen molar-refractivity contribution in [1.29, 1.82) is 0 Å². The van der Waals surface area contributed by atoms with E-state index in [1.54, 1.807) is 60.1 Å². The van der Waals surface area contributed by atoms with Crippen molar-refractivity contribution in [3.63, 3.8) is 0 Å². The second kappa shape index (κ2) is 11.7. The van der Waals surface area contributed by atoms with Crippen molar-refractivity contribution >= 4 is 58.3 Å². The molecule has 0 aliphatic heterocycles. The highest BCUT2D eigenvalue weighted by Crippen LogP contribution is 2.33. The second-order valence-electron chi connectivity index (χ2n) is 8.27. The van der Waals surface area contributed by atoms with Crippen molar-refractivity contribution in [2.45, 2.75) is 13.3 Å². The fourth-order valence-electron chi connectivity index (χ4n) is 3.80. The summed E-state index contributed by atoms with van der Waals surface area (Å²) in [7, 11) is 0. The summed E-state index contributed by atoms with van der Waals surface area (Å²) in [6, 6.07) is 18.4. The molecule has 0 bridgehead atoms. The lowest BCUT2D eigenvalue weighted by Crippen LogP contribution is -2.26.